The van der Waals surface area contributed by atoms with Crippen LogP contribution in [0.25, 0.3) is 11.0 Å². The third-order valence-corrected chi connectivity index (χ3v) is 2.39. The van der Waals surface area contributed by atoms with Crippen LogP contribution in [0.4, 0.5) is 0 Å². The van der Waals surface area contributed by atoms with Crippen molar-refractivity contribution in [1.29, 1.82) is 0 Å². The lowest BCUT2D eigenvalue weighted by Crippen LogP contribution is -2.15. The first-order chi connectivity index (χ1) is 7.76. The third kappa shape index (κ3) is 1.82. The summed E-state index contributed by atoms with van der Waals surface area (Å²) in [4.78, 5) is 8.47. The number of methoxy groups -OCH3 is 1. The zero-order valence-electron chi connectivity index (χ0n) is 8.92. The average Bonchev–Trinajstić information content (AvgIpc) is 2.36. The summed E-state index contributed by atoms with van der Waals surface area (Å²) in [6.45, 7) is -0.127. The first-order valence-corrected chi connectivity index (χ1v) is 4.92. The van der Waals surface area contributed by atoms with Gasteiger partial charge in [0.15, 0.2) is 0 Å². The van der Waals surface area contributed by atoms with Gasteiger partial charge in [0.1, 0.15) is 0 Å². The Morgan fingerprint density at radius 2 is 2.25 bits per heavy atom. The lowest BCUT2D eigenvalue weighted by molar-refractivity contribution is 0.268. The number of fused-ring (bicyclic) bond motifs is 1. The minimum Gasteiger partial charge on any atom is -0.481 e. The molecule has 3 N–H and O–H groups in total. The third-order valence-electron chi connectivity index (χ3n) is 2.39. The first kappa shape index (κ1) is 10.8. The zero-order valence-corrected chi connectivity index (χ0v) is 8.92. The van der Waals surface area contributed by atoms with E-state index in [0.717, 1.165) is 11.1 Å². The number of rotatable bonds is 3. The van der Waals surface area contributed by atoms with E-state index in [-0.39, 0.29) is 6.61 Å². The second-order valence-corrected chi connectivity index (χ2v) is 3.41. The summed E-state index contributed by atoms with van der Waals surface area (Å²) < 4.78 is 5.05. The van der Waals surface area contributed by atoms with Crippen molar-refractivity contribution in [2.24, 2.45) is 5.73 Å². The molecule has 1 atom stereocenters. The van der Waals surface area contributed by atoms with Crippen LogP contribution in [0.3, 0.4) is 0 Å². The van der Waals surface area contributed by atoms with Gasteiger partial charge in [-0.1, -0.05) is 0 Å². The lowest BCUT2D eigenvalue weighted by atomic mass is 10.1. The molecule has 0 saturated carbocycles. The standard InChI is InChI=1S/C11H13N3O2/c1-16-10-3-2-9-11(14-10)7(4-5-13-9)8(12)6-15/h2-5,8,15H,6,12H2,1H3/t8-/m1/s1. The highest BCUT2D eigenvalue weighted by Crippen LogP contribution is 2.21. The van der Waals surface area contributed by atoms with E-state index in [2.05, 4.69) is 9.97 Å². The molecule has 0 fully saturated rings. The number of hydrogen-bond acceptors (Lipinski definition) is 5. The van der Waals surface area contributed by atoms with Gasteiger partial charge in [0.25, 0.3) is 0 Å². The number of aliphatic hydroxyl groups is 1. The Kier molecular flexibility index (Phi) is 2.98. The van der Waals surface area contributed by atoms with E-state index in [1.165, 1.54) is 0 Å². The second-order valence-electron chi connectivity index (χ2n) is 3.41. The minimum absolute atomic E-state index is 0.127. The Hall–Kier alpha value is -1.72. The molecular formula is C11H13N3O2. The largest absolute Gasteiger partial charge is 0.481 e. The summed E-state index contributed by atoms with van der Waals surface area (Å²) in [6.07, 6.45) is 1.65. The molecule has 2 aromatic heterocycles. The van der Waals surface area contributed by atoms with Crippen molar-refractivity contribution in [2.75, 3.05) is 13.7 Å². The van der Waals surface area contributed by atoms with E-state index in [4.69, 9.17) is 15.6 Å². The molecule has 16 heavy (non-hydrogen) atoms. The van der Waals surface area contributed by atoms with Crippen molar-refractivity contribution in [1.82, 2.24) is 9.97 Å². The topological polar surface area (TPSA) is 81.3 Å². The summed E-state index contributed by atoms with van der Waals surface area (Å²) in [7, 11) is 1.55. The van der Waals surface area contributed by atoms with Crippen molar-refractivity contribution in [3.8, 4) is 5.88 Å². The second kappa shape index (κ2) is 4.42. The summed E-state index contributed by atoms with van der Waals surface area (Å²) in [6, 6.07) is 4.86. The van der Waals surface area contributed by atoms with Crippen molar-refractivity contribution in [3.63, 3.8) is 0 Å². The number of nitrogens with two attached hydrogens (primary N) is 1. The quantitative estimate of drug-likeness (QED) is 0.791. The molecule has 2 rings (SSSR count). The minimum atomic E-state index is -0.454. The summed E-state index contributed by atoms with van der Waals surface area (Å²) in [5.74, 6) is 0.506. The number of ether oxygens (including phenoxy) is 1. The van der Waals surface area contributed by atoms with Gasteiger partial charge in [-0.05, 0) is 12.1 Å². The Bertz CT molecular complexity index is 502. The van der Waals surface area contributed by atoms with E-state index < -0.39 is 6.04 Å². The van der Waals surface area contributed by atoms with Gasteiger partial charge in [0, 0.05) is 17.8 Å². The smallest absolute Gasteiger partial charge is 0.213 e. The van der Waals surface area contributed by atoms with Crippen LogP contribution in [0, 0.1) is 0 Å². The molecule has 0 bridgehead atoms. The molecule has 5 heteroatoms. The highest BCUT2D eigenvalue weighted by atomic mass is 16.5. The number of nitrogens with zero attached hydrogens (tertiary/aromatic N) is 2. The Labute approximate surface area is 92.9 Å². The van der Waals surface area contributed by atoms with E-state index in [0.29, 0.717) is 11.4 Å². The Morgan fingerprint density at radius 3 is 2.94 bits per heavy atom. The van der Waals surface area contributed by atoms with Crippen LogP contribution >= 0.6 is 0 Å². The number of pyridine rings is 2. The molecule has 0 aliphatic carbocycles. The van der Waals surface area contributed by atoms with Crippen LogP contribution in [0.5, 0.6) is 5.88 Å². The maximum absolute atomic E-state index is 9.07. The Balaban J connectivity index is 2.64. The van der Waals surface area contributed by atoms with E-state index in [1.807, 2.05) is 6.07 Å². The van der Waals surface area contributed by atoms with Gasteiger partial charge in [0.05, 0.1) is 30.8 Å². The molecule has 0 unspecified atom stereocenters. The lowest BCUT2D eigenvalue weighted by Gasteiger charge is -2.11. The summed E-state index contributed by atoms with van der Waals surface area (Å²) >= 11 is 0. The van der Waals surface area contributed by atoms with Gasteiger partial charge in [0.2, 0.25) is 5.88 Å². The van der Waals surface area contributed by atoms with Gasteiger partial charge in [-0.25, -0.2) is 4.98 Å². The SMILES string of the molecule is COc1ccc2nccc([C@H](N)CO)c2n1. The van der Waals surface area contributed by atoms with Crippen LogP contribution in [0.15, 0.2) is 24.4 Å². The summed E-state index contributed by atoms with van der Waals surface area (Å²) in [5, 5.41) is 9.07. The maximum atomic E-state index is 9.07. The van der Waals surface area contributed by atoms with Crippen molar-refractivity contribution in [3.05, 3.63) is 30.0 Å². The van der Waals surface area contributed by atoms with E-state index >= 15 is 0 Å². The normalized spacial score (nSPS) is 12.7. The van der Waals surface area contributed by atoms with Crippen molar-refractivity contribution < 1.29 is 9.84 Å². The molecule has 0 aliphatic rings. The number of aliphatic hydroxyl groups excluding tert-OH is 1. The molecular weight excluding hydrogens is 206 g/mol. The predicted molar refractivity (Wildman–Crippen MR) is 60.1 cm³/mol. The van der Waals surface area contributed by atoms with Crippen LogP contribution in [0.1, 0.15) is 11.6 Å². The van der Waals surface area contributed by atoms with Crippen LogP contribution in [-0.4, -0.2) is 28.8 Å². The first-order valence-electron chi connectivity index (χ1n) is 4.92. The maximum Gasteiger partial charge on any atom is 0.213 e. The van der Waals surface area contributed by atoms with Gasteiger partial charge >= 0.3 is 0 Å². The van der Waals surface area contributed by atoms with Gasteiger partial charge < -0.3 is 15.6 Å². The molecule has 0 amide bonds. The van der Waals surface area contributed by atoms with Gasteiger partial charge in [-0.2, -0.15) is 0 Å². The fourth-order valence-corrected chi connectivity index (χ4v) is 1.54. The fraction of sp³-hybridized carbons (Fsp3) is 0.273. The molecule has 0 aliphatic heterocycles. The average molecular weight is 219 g/mol. The van der Waals surface area contributed by atoms with Crippen LogP contribution in [-0.2, 0) is 0 Å². The van der Waals surface area contributed by atoms with Gasteiger partial charge in [-0.3, -0.25) is 4.98 Å². The highest BCUT2D eigenvalue weighted by Gasteiger charge is 2.11. The monoisotopic (exact) mass is 219 g/mol. The molecule has 0 spiro atoms. The van der Waals surface area contributed by atoms with E-state index in [1.54, 1.807) is 25.4 Å². The van der Waals surface area contributed by atoms with Gasteiger partial charge in [-0.15, -0.1) is 0 Å². The molecule has 84 valence electrons. The molecule has 5 nitrogen and oxygen atoms in total. The molecule has 2 aromatic rings. The fourth-order valence-electron chi connectivity index (χ4n) is 1.54. The summed E-state index contributed by atoms with van der Waals surface area (Å²) in [5.41, 5.74) is 7.97. The van der Waals surface area contributed by atoms with Crippen molar-refractivity contribution >= 4 is 11.0 Å². The molecule has 2 heterocycles. The predicted octanol–water partition coefficient (Wildman–Crippen LogP) is 0.631. The Morgan fingerprint density at radius 1 is 1.44 bits per heavy atom. The molecule has 0 aromatic carbocycles. The van der Waals surface area contributed by atoms with Crippen LogP contribution < -0.4 is 10.5 Å². The van der Waals surface area contributed by atoms with Crippen LogP contribution in [0.2, 0.25) is 0 Å². The van der Waals surface area contributed by atoms with Crippen molar-refractivity contribution in [2.45, 2.75) is 6.04 Å². The molecule has 0 saturated heterocycles. The number of hydrogen-bond donors (Lipinski definition) is 2. The molecule has 0 radical (unpaired) electrons. The zero-order chi connectivity index (χ0) is 11.5. The van der Waals surface area contributed by atoms with E-state index in [9.17, 15) is 0 Å². The number of aromatic nitrogens is 2. The highest BCUT2D eigenvalue weighted by molar-refractivity contribution is 5.78.